The van der Waals surface area contributed by atoms with Crippen molar-refractivity contribution in [1.82, 2.24) is 15.2 Å². The van der Waals surface area contributed by atoms with E-state index in [1.54, 1.807) is 0 Å². The van der Waals surface area contributed by atoms with Crippen LogP contribution in [0.15, 0.2) is 24.3 Å². The van der Waals surface area contributed by atoms with Crippen molar-refractivity contribution in [3.8, 4) is 0 Å². The monoisotopic (exact) mass is 355 g/mol. The van der Waals surface area contributed by atoms with Gasteiger partial charge in [-0.15, -0.1) is 11.3 Å². The molecule has 1 fully saturated rings. The van der Waals surface area contributed by atoms with Crippen LogP contribution in [0.2, 0.25) is 0 Å². The molecule has 1 aromatic carbocycles. The van der Waals surface area contributed by atoms with Gasteiger partial charge < -0.3 is 10.2 Å². The van der Waals surface area contributed by atoms with Crippen molar-refractivity contribution < 1.29 is 9.59 Å². The van der Waals surface area contributed by atoms with Crippen LogP contribution in [-0.4, -0.2) is 40.3 Å². The Kier molecular flexibility index (Phi) is 3.87. The second-order valence-corrected chi connectivity index (χ2v) is 8.22. The largest absolute Gasteiger partial charge is 0.345 e. The van der Waals surface area contributed by atoms with Gasteiger partial charge in [0.2, 0.25) is 0 Å². The Bertz CT molecular complexity index is 860. The molecule has 2 amide bonds. The van der Waals surface area contributed by atoms with Crippen LogP contribution in [0.25, 0.3) is 0 Å². The van der Waals surface area contributed by atoms with Gasteiger partial charge in [-0.2, -0.15) is 0 Å². The average Bonchev–Trinajstić information content (AvgIpc) is 3.12. The van der Waals surface area contributed by atoms with Crippen LogP contribution >= 0.6 is 11.3 Å². The maximum absolute atomic E-state index is 12.9. The van der Waals surface area contributed by atoms with Gasteiger partial charge in [0.05, 0.1) is 16.2 Å². The van der Waals surface area contributed by atoms with Crippen LogP contribution in [0, 0.1) is 13.8 Å². The molecule has 0 saturated carbocycles. The maximum atomic E-state index is 12.9. The predicted molar refractivity (Wildman–Crippen MR) is 97.1 cm³/mol. The minimum Gasteiger partial charge on any atom is -0.345 e. The first-order chi connectivity index (χ1) is 12.0. The molecule has 4 rings (SSSR count). The van der Waals surface area contributed by atoms with Gasteiger partial charge in [-0.1, -0.05) is 18.2 Å². The van der Waals surface area contributed by atoms with Crippen molar-refractivity contribution in [1.29, 1.82) is 0 Å². The minimum absolute atomic E-state index is 0.0211. The number of hydrogen-bond acceptors (Lipinski definition) is 4. The van der Waals surface area contributed by atoms with Gasteiger partial charge in [0, 0.05) is 18.7 Å². The Morgan fingerprint density at radius 1 is 1.28 bits per heavy atom. The van der Waals surface area contributed by atoms with Crippen LogP contribution in [-0.2, 0) is 6.42 Å². The highest BCUT2D eigenvalue weighted by molar-refractivity contribution is 7.13. The van der Waals surface area contributed by atoms with E-state index in [1.807, 2.05) is 43.0 Å². The number of amides is 2. The number of nitrogens with zero attached hydrogens (tertiary/aromatic N) is 2. The van der Waals surface area contributed by atoms with E-state index in [0.717, 1.165) is 46.0 Å². The number of carbonyl (C=O) groups excluding carboxylic acids is 2. The highest BCUT2D eigenvalue weighted by atomic mass is 32.1. The number of benzene rings is 1. The molecule has 2 aliphatic rings. The Morgan fingerprint density at radius 2 is 2.08 bits per heavy atom. The first kappa shape index (κ1) is 16.3. The normalized spacial score (nSPS) is 22.6. The standard InChI is InChI=1S/C19H21N3O2S/c1-12-16(25-13(2)20-12)18(24)22-10-9-19(11-22)8-7-14-5-3-4-6-15(14)17(23)21-19/h3-6H,7-11H2,1-2H3,(H,21,23). The molecule has 0 bridgehead atoms. The molecule has 1 N–H and O–H groups in total. The molecule has 1 spiro atoms. The fraction of sp³-hybridized carbons (Fsp3) is 0.421. The molecular weight excluding hydrogens is 334 g/mol. The van der Waals surface area contributed by atoms with E-state index < -0.39 is 0 Å². The van der Waals surface area contributed by atoms with Crippen molar-refractivity contribution in [2.45, 2.75) is 38.6 Å². The lowest BCUT2D eigenvalue weighted by atomic mass is 9.91. The van der Waals surface area contributed by atoms with Crippen LogP contribution < -0.4 is 5.32 Å². The molecule has 1 unspecified atom stereocenters. The van der Waals surface area contributed by atoms with Gasteiger partial charge in [0.15, 0.2) is 0 Å². The summed E-state index contributed by atoms with van der Waals surface area (Å²) in [5.74, 6) is 0.0169. The summed E-state index contributed by atoms with van der Waals surface area (Å²) in [6.07, 6.45) is 2.52. The lowest BCUT2D eigenvalue weighted by molar-refractivity contribution is 0.0768. The third-order valence-corrected chi connectivity index (χ3v) is 6.31. The number of aromatic nitrogens is 1. The molecule has 1 saturated heterocycles. The van der Waals surface area contributed by atoms with Gasteiger partial charge in [0.1, 0.15) is 4.88 Å². The van der Waals surface area contributed by atoms with Gasteiger partial charge in [-0.25, -0.2) is 4.98 Å². The summed E-state index contributed by atoms with van der Waals surface area (Å²) in [6.45, 7) is 5.04. The van der Waals surface area contributed by atoms with Gasteiger partial charge in [0.25, 0.3) is 11.8 Å². The minimum atomic E-state index is -0.320. The summed E-state index contributed by atoms with van der Waals surface area (Å²) in [5, 5.41) is 4.13. The lowest BCUT2D eigenvalue weighted by Crippen LogP contribution is -2.50. The van der Waals surface area contributed by atoms with Crippen LogP contribution in [0.4, 0.5) is 0 Å². The Balaban J connectivity index is 1.55. The number of hydrogen-bond donors (Lipinski definition) is 1. The molecule has 2 aromatic rings. The Labute approximate surface area is 151 Å². The SMILES string of the molecule is Cc1nc(C)c(C(=O)N2CCC3(CCc4ccccc4C(=O)N3)C2)s1. The summed E-state index contributed by atoms with van der Waals surface area (Å²) in [5.41, 5.74) is 2.33. The first-order valence-corrected chi connectivity index (χ1v) is 9.43. The molecule has 5 nitrogen and oxygen atoms in total. The second kappa shape index (κ2) is 5.95. The molecule has 3 heterocycles. The first-order valence-electron chi connectivity index (χ1n) is 8.61. The van der Waals surface area contributed by atoms with E-state index in [9.17, 15) is 9.59 Å². The molecular formula is C19H21N3O2S. The molecule has 130 valence electrons. The Morgan fingerprint density at radius 3 is 2.84 bits per heavy atom. The molecule has 25 heavy (non-hydrogen) atoms. The smallest absolute Gasteiger partial charge is 0.265 e. The van der Waals surface area contributed by atoms with E-state index in [-0.39, 0.29) is 17.4 Å². The van der Waals surface area contributed by atoms with Crippen LogP contribution in [0.1, 0.15) is 49.1 Å². The fourth-order valence-electron chi connectivity index (χ4n) is 3.93. The topological polar surface area (TPSA) is 62.3 Å². The highest BCUT2D eigenvalue weighted by Crippen LogP contribution is 2.32. The average molecular weight is 355 g/mol. The highest BCUT2D eigenvalue weighted by Gasteiger charge is 2.43. The van der Waals surface area contributed by atoms with Crippen molar-refractivity contribution in [3.05, 3.63) is 51.0 Å². The molecule has 0 aliphatic carbocycles. The summed E-state index contributed by atoms with van der Waals surface area (Å²) >= 11 is 1.45. The summed E-state index contributed by atoms with van der Waals surface area (Å²) in [6, 6.07) is 7.78. The predicted octanol–water partition coefficient (Wildman–Crippen LogP) is 2.72. The number of fused-ring (bicyclic) bond motifs is 1. The molecule has 1 aromatic heterocycles. The third-order valence-electron chi connectivity index (χ3n) is 5.25. The maximum Gasteiger partial charge on any atom is 0.265 e. The number of likely N-dealkylation sites (tertiary alicyclic amines) is 1. The van der Waals surface area contributed by atoms with Gasteiger partial charge in [-0.05, 0) is 44.7 Å². The van der Waals surface area contributed by atoms with Crippen molar-refractivity contribution >= 4 is 23.2 Å². The van der Waals surface area contributed by atoms with E-state index in [1.165, 1.54) is 11.3 Å². The number of aryl methyl sites for hydroxylation is 3. The number of rotatable bonds is 1. The summed E-state index contributed by atoms with van der Waals surface area (Å²) in [4.78, 5) is 32.5. The van der Waals surface area contributed by atoms with E-state index in [2.05, 4.69) is 10.3 Å². The zero-order chi connectivity index (χ0) is 17.6. The zero-order valence-electron chi connectivity index (χ0n) is 14.5. The zero-order valence-corrected chi connectivity index (χ0v) is 15.3. The number of nitrogens with one attached hydrogen (secondary N) is 1. The molecule has 1 atom stereocenters. The second-order valence-electron chi connectivity index (χ2n) is 7.02. The molecule has 0 radical (unpaired) electrons. The molecule has 2 aliphatic heterocycles. The van der Waals surface area contributed by atoms with Gasteiger partial charge in [-0.3, -0.25) is 9.59 Å². The lowest BCUT2D eigenvalue weighted by Gasteiger charge is -2.28. The fourth-order valence-corrected chi connectivity index (χ4v) is 4.82. The van der Waals surface area contributed by atoms with Crippen molar-refractivity contribution in [2.24, 2.45) is 0 Å². The van der Waals surface area contributed by atoms with E-state index in [4.69, 9.17) is 0 Å². The van der Waals surface area contributed by atoms with Gasteiger partial charge >= 0.3 is 0 Å². The van der Waals surface area contributed by atoms with Crippen LogP contribution in [0.5, 0.6) is 0 Å². The van der Waals surface area contributed by atoms with Crippen LogP contribution in [0.3, 0.4) is 0 Å². The summed E-state index contributed by atoms with van der Waals surface area (Å²) < 4.78 is 0. The van der Waals surface area contributed by atoms with E-state index in [0.29, 0.717) is 13.1 Å². The Hall–Kier alpha value is -2.21. The van der Waals surface area contributed by atoms with Crippen molar-refractivity contribution in [2.75, 3.05) is 13.1 Å². The molecule has 6 heteroatoms. The number of thiazole rings is 1. The third kappa shape index (κ3) is 2.84. The van der Waals surface area contributed by atoms with E-state index >= 15 is 0 Å². The van der Waals surface area contributed by atoms with Crippen molar-refractivity contribution in [3.63, 3.8) is 0 Å². The number of carbonyl (C=O) groups is 2. The quantitative estimate of drug-likeness (QED) is 0.855. The summed E-state index contributed by atoms with van der Waals surface area (Å²) in [7, 11) is 0.